The van der Waals surface area contributed by atoms with Gasteiger partial charge in [-0.1, -0.05) is 0 Å². The second-order valence-corrected chi connectivity index (χ2v) is 5.16. The summed E-state index contributed by atoms with van der Waals surface area (Å²) in [5, 5.41) is 4.45. The third-order valence-electron chi connectivity index (χ3n) is 2.29. The molecule has 4 heteroatoms. The zero-order valence-corrected chi connectivity index (χ0v) is 10.5. The van der Waals surface area contributed by atoms with Crippen molar-refractivity contribution in [2.75, 3.05) is 5.32 Å². The molecule has 2 heterocycles. The molecule has 1 N–H and O–H groups in total. The predicted octanol–water partition coefficient (Wildman–Crippen LogP) is 3.33. The number of nitrogens with zero attached hydrogens (tertiary/aromatic N) is 2. The zero-order chi connectivity index (χ0) is 11.5. The lowest BCUT2D eigenvalue weighted by atomic mass is 10.3. The lowest BCUT2D eigenvalue weighted by Crippen LogP contribution is -2.07. The number of hydrogen-bond acceptors (Lipinski definition) is 4. The minimum atomic E-state index is 0.202. The Morgan fingerprint density at radius 2 is 2.12 bits per heavy atom. The molecule has 1 atom stereocenters. The van der Waals surface area contributed by atoms with Gasteiger partial charge in [-0.05, 0) is 38.5 Å². The molecule has 0 aromatic carbocycles. The number of aromatic nitrogens is 2. The largest absolute Gasteiger partial charge is 0.361 e. The molecule has 0 amide bonds. The third-order valence-corrected chi connectivity index (χ3v) is 3.38. The van der Waals surface area contributed by atoms with E-state index < -0.39 is 0 Å². The van der Waals surface area contributed by atoms with Crippen LogP contribution in [0.4, 0.5) is 5.82 Å². The van der Waals surface area contributed by atoms with Gasteiger partial charge in [-0.2, -0.15) is 0 Å². The summed E-state index contributed by atoms with van der Waals surface area (Å²) in [6.07, 6.45) is 3.72. The molecule has 84 valence electrons. The van der Waals surface area contributed by atoms with E-state index >= 15 is 0 Å². The first-order valence-electron chi connectivity index (χ1n) is 5.26. The molecule has 0 radical (unpaired) electrons. The number of thiazole rings is 1. The normalized spacial score (nSPS) is 12.4. The summed E-state index contributed by atoms with van der Waals surface area (Å²) in [4.78, 5) is 9.88. The maximum atomic E-state index is 4.36. The van der Waals surface area contributed by atoms with Gasteiger partial charge in [0.15, 0.2) is 0 Å². The molecular formula is C12H15N3S. The molecule has 3 nitrogen and oxygen atoms in total. The van der Waals surface area contributed by atoms with E-state index in [1.54, 1.807) is 11.3 Å². The summed E-state index contributed by atoms with van der Waals surface area (Å²) in [5.41, 5.74) is 1.21. The SMILES string of the molecule is Cc1ccnc(NC(C)c2ncc(C)s2)c1. The van der Waals surface area contributed by atoms with Crippen LogP contribution >= 0.6 is 11.3 Å². The van der Waals surface area contributed by atoms with Crippen LogP contribution in [0.1, 0.15) is 28.4 Å². The van der Waals surface area contributed by atoms with E-state index in [4.69, 9.17) is 0 Å². The number of nitrogens with one attached hydrogen (secondary N) is 1. The molecule has 1 unspecified atom stereocenters. The molecule has 2 aromatic heterocycles. The Bertz CT molecular complexity index is 479. The zero-order valence-electron chi connectivity index (χ0n) is 9.69. The number of hydrogen-bond donors (Lipinski definition) is 1. The van der Waals surface area contributed by atoms with Crippen molar-refractivity contribution >= 4 is 17.2 Å². The topological polar surface area (TPSA) is 37.8 Å². The van der Waals surface area contributed by atoms with E-state index in [9.17, 15) is 0 Å². The average molecular weight is 233 g/mol. The van der Waals surface area contributed by atoms with Gasteiger partial charge in [0.05, 0.1) is 6.04 Å². The third kappa shape index (κ3) is 2.58. The van der Waals surface area contributed by atoms with Crippen LogP contribution in [-0.4, -0.2) is 9.97 Å². The smallest absolute Gasteiger partial charge is 0.126 e. The minimum Gasteiger partial charge on any atom is -0.361 e. The van der Waals surface area contributed by atoms with Gasteiger partial charge < -0.3 is 5.32 Å². The Hall–Kier alpha value is -1.42. The highest BCUT2D eigenvalue weighted by molar-refractivity contribution is 7.11. The van der Waals surface area contributed by atoms with Crippen LogP contribution in [0.25, 0.3) is 0 Å². The fraction of sp³-hybridized carbons (Fsp3) is 0.333. The van der Waals surface area contributed by atoms with Gasteiger partial charge in [0.25, 0.3) is 0 Å². The van der Waals surface area contributed by atoms with Crippen molar-refractivity contribution in [2.24, 2.45) is 0 Å². The first-order valence-corrected chi connectivity index (χ1v) is 6.08. The Morgan fingerprint density at radius 1 is 1.31 bits per heavy atom. The fourth-order valence-corrected chi connectivity index (χ4v) is 2.25. The second kappa shape index (κ2) is 4.61. The van der Waals surface area contributed by atoms with Crippen molar-refractivity contribution in [3.05, 3.63) is 40.0 Å². The Morgan fingerprint density at radius 3 is 2.75 bits per heavy atom. The maximum absolute atomic E-state index is 4.36. The first kappa shape index (κ1) is 11.1. The van der Waals surface area contributed by atoms with E-state index in [-0.39, 0.29) is 6.04 Å². The predicted molar refractivity (Wildman–Crippen MR) is 67.9 cm³/mol. The maximum Gasteiger partial charge on any atom is 0.126 e. The van der Waals surface area contributed by atoms with Gasteiger partial charge in [0, 0.05) is 17.3 Å². The van der Waals surface area contributed by atoms with Crippen molar-refractivity contribution < 1.29 is 0 Å². The molecule has 0 aliphatic rings. The first-order chi connectivity index (χ1) is 7.65. The molecular weight excluding hydrogens is 218 g/mol. The van der Waals surface area contributed by atoms with Crippen LogP contribution in [0.3, 0.4) is 0 Å². The number of aryl methyl sites for hydroxylation is 2. The van der Waals surface area contributed by atoms with E-state index in [1.165, 1.54) is 10.4 Å². The molecule has 0 bridgehead atoms. The molecule has 0 fully saturated rings. The van der Waals surface area contributed by atoms with Gasteiger partial charge in [-0.15, -0.1) is 11.3 Å². The average Bonchev–Trinajstić information content (AvgIpc) is 2.65. The van der Waals surface area contributed by atoms with Gasteiger partial charge in [-0.25, -0.2) is 9.97 Å². The molecule has 0 aliphatic carbocycles. The number of anilines is 1. The van der Waals surface area contributed by atoms with Crippen LogP contribution in [0.5, 0.6) is 0 Å². The summed E-state index contributed by atoms with van der Waals surface area (Å²) in [6.45, 7) is 6.23. The molecule has 0 aliphatic heterocycles. The monoisotopic (exact) mass is 233 g/mol. The van der Waals surface area contributed by atoms with Gasteiger partial charge >= 0.3 is 0 Å². The highest BCUT2D eigenvalue weighted by atomic mass is 32.1. The summed E-state index contributed by atoms with van der Waals surface area (Å²) < 4.78 is 0. The van der Waals surface area contributed by atoms with Crippen LogP contribution in [-0.2, 0) is 0 Å². The summed E-state index contributed by atoms with van der Waals surface area (Å²) in [5.74, 6) is 0.903. The van der Waals surface area contributed by atoms with Crippen LogP contribution in [0.15, 0.2) is 24.5 Å². The van der Waals surface area contributed by atoms with Gasteiger partial charge in [0.1, 0.15) is 10.8 Å². The Kier molecular flexibility index (Phi) is 3.19. The minimum absolute atomic E-state index is 0.202. The number of pyridine rings is 1. The lowest BCUT2D eigenvalue weighted by Gasteiger charge is -2.11. The number of rotatable bonds is 3. The van der Waals surface area contributed by atoms with Crippen molar-refractivity contribution in [1.29, 1.82) is 0 Å². The lowest BCUT2D eigenvalue weighted by molar-refractivity contribution is 0.860. The molecule has 0 saturated carbocycles. The van der Waals surface area contributed by atoms with Crippen LogP contribution < -0.4 is 5.32 Å². The molecule has 16 heavy (non-hydrogen) atoms. The van der Waals surface area contributed by atoms with Crippen molar-refractivity contribution in [3.8, 4) is 0 Å². The molecule has 0 saturated heterocycles. The van der Waals surface area contributed by atoms with Gasteiger partial charge in [-0.3, -0.25) is 0 Å². The van der Waals surface area contributed by atoms with Crippen molar-refractivity contribution in [3.63, 3.8) is 0 Å². The highest BCUT2D eigenvalue weighted by Gasteiger charge is 2.09. The van der Waals surface area contributed by atoms with Crippen LogP contribution in [0.2, 0.25) is 0 Å². The standard InChI is InChI=1S/C12H15N3S/c1-8-4-5-13-11(6-8)15-10(3)12-14-7-9(2)16-12/h4-7,10H,1-3H3,(H,13,15). The Balaban J connectivity index is 2.10. The summed E-state index contributed by atoms with van der Waals surface area (Å²) >= 11 is 1.72. The van der Waals surface area contributed by atoms with Crippen LogP contribution in [0, 0.1) is 13.8 Å². The van der Waals surface area contributed by atoms with Crippen molar-refractivity contribution in [2.45, 2.75) is 26.8 Å². The van der Waals surface area contributed by atoms with E-state index in [1.807, 2.05) is 24.5 Å². The molecule has 2 rings (SSSR count). The van der Waals surface area contributed by atoms with E-state index in [0.29, 0.717) is 0 Å². The summed E-state index contributed by atoms with van der Waals surface area (Å²) in [6, 6.07) is 4.23. The highest BCUT2D eigenvalue weighted by Crippen LogP contribution is 2.22. The molecule has 0 spiro atoms. The van der Waals surface area contributed by atoms with Crippen molar-refractivity contribution in [1.82, 2.24) is 9.97 Å². The second-order valence-electron chi connectivity index (χ2n) is 3.89. The van der Waals surface area contributed by atoms with Gasteiger partial charge in [0.2, 0.25) is 0 Å². The van der Waals surface area contributed by atoms with E-state index in [0.717, 1.165) is 10.8 Å². The Labute approximate surface area is 99.6 Å². The quantitative estimate of drug-likeness (QED) is 0.883. The van der Waals surface area contributed by atoms with E-state index in [2.05, 4.69) is 36.1 Å². The molecule has 2 aromatic rings. The summed E-state index contributed by atoms with van der Waals surface area (Å²) in [7, 11) is 0. The fourth-order valence-electron chi connectivity index (χ4n) is 1.47.